The van der Waals surface area contributed by atoms with Crippen molar-refractivity contribution >= 4 is 0 Å². The van der Waals surface area contributed by atoms with Gasteiger partial charge in [-0.2, -0.15) is 10.2 Å². The number of nitrogens with zero attached hydrogens (tertiary/aromatic N) is 4. The van der Waals surface area contributed by atoms with Crippen LogP contribution in [0.2, 0.25) is 0 Å². The van der Waals surface area contributed by atoms with E-state index in [1.54, 1.807) is 6.20 Å². The average Bonchev–Trinajstić information content (AvgIpc) is 3.37. The minimum absolute atomic E-state index is 0.128. The Labute approximate surface area is 163 Å². The van der Waals surface area contributed by atoms with Gasteiger partial charge in [-0.15, -0.1) is 0 Å². The lowest BCUT2D eigenvalue weighted by molar-refractivity contribution is 0.420. The van der Waals surface area contributed by atoms with Gasteiger partial charge in [-0.1, -0.05) is 44.2 Å². The summed E-state index contributed by atoms with van der Waals surface area (Å²) in [6.45, 7) is 4.54. The third-order valence-electron chi connectivity index (χ3n) is 5.56. The molecule has 0 fully saturated rings. The summed E-state index contributed by atoms with van der Waals surface area (Å²) in [6.07, 6.45) is 5.17. The highest BCUT2D eigenvalue weighted by atomic mass is 15.2. The van der Waals surface area contributed by atoms with Crippen molar-refractivity contribution in [2.24, 2.45) is 0 Å². The lowest BCUT2D eigenvalue weighted by Gasteiger charge is -2.29. The van der Waals surface area contributed by atoms with Crippen LogP contribution in [0.4, 0.5) is 0 Å². The van der Waals surface area contributed by atoms with Crippen molar-refractivity contribution in [3.63, 3.8) is 0 Å². The molecule has 6 heteroatoms. The van der Waals surface area contributed by atoms with Crippen LogP contribution in [-0.4, -0.2) is 30.4 Å². The summed E-state index contributed by atoms with van der Waals surface area (Å²) in [5, 5.41) is 15.4. The zero-order valence-electron chi connectivity index (χ0n) is 16.0. The molecule has 28 heavy (non-hydrogen) atoms. The highest BCUT2D eigenvalue weighted by Gasteiger charge is 2.32. The first-order chi connectivity index (χ1) is 13.6. The van der Waals surface area contributed by atoms with Gasteiger partial charge in [-0.25, -0.2) is 9.97 Å². The first kappa shape index (κ1) is 16.9. The minimum atomic E-state index is 0.128. The van der Waals surface area contributed by atoms with Gasteiger partial charge in [0.2, 0.25) is 0 Å². The lowest BCUT2D eigenvalue weighted by Crippen LogP contribution is -2.23. The molecule has 0 unspecified atom stereocenters. The quantitative estimate of drug-likeness (QED) is 0.555. The van der Waals surface area contributed by atoms with Gasteiger partial charge in [0.05, 0.1) is 11.4 Å². The number of hydrogen-bond acceptors (Lipinski definition) is 4. The van der Waals surface area contributed by atoms with Crippen LogP contribution in [0.5, 0.6) is 0 Å². The second-order valence-corrected chi connectivity index (χ2v) is 7.96. The van der Waals surface area contributed by atoms with E-state index < -0.39 is 0 Å². The van der Waals surface area contributed by atoms with E-state index in [1.165, 1.54) is 24.1 Å². The lowest BCUT2D eigenvalue weighted by atomic mass is 9.76. The number of aromatic nitrogens is 6. The highest BCUT2D eigenvalue weighted by Crippen LogP contribution is 2.39. The number of H-pyrrole nitrogens is 2. The number of benzene rings is 1. The Hall–Kier alpha value is -3.28. The maximum absolute atomic E-state index is 4.78. The molecule has 6 nitrogen and oxygen atoms in total. The van der Waals surface area contributed by atoms with Gasteiger partial charge < -0.3 is 0 Å². The normalized spacial score (nSPS) is 15.4. The van der Waals surface area contributed by atoms with Crippen LogP contribution in [0, 0.1) is 0 Å². The predicted molar refractivity (Wildman–Crippen MR) is 109 cm³/mol. The second kappa shape index (κ2) is 6.41. The summed E-state index contributed by atoms with van der Waals surface area (Å²) >= 11 is 0. The fraction of sp³-hybridized carbons (Fsp3) is 0.273. The molecule has 0 atom stereocenters. The molecule has 2 N–H and O–H groups in total. The topological polar surface area (TPSA) is 83.1 Å². The first-order valence-electron chi connectivity index (χ1n) is 9.64. The zero-order valence-corrected chi connectivity index (χ0v) is 16.0. The van der Waals surface area contributed by atoms with E-state index in [-0.39, 0.29) is 5.41 Å². The van der Waals surface area contributed by atoms with Gasteiger partial charge in [0.15, 0.2) is 5.82 Å². The summed E-state index contributed by atoms with van der Waals surface area (Å²) in [5.74, 6) is 0.624. The molecule has 5 rings (SSSR count). The molecule has 0 radical (unpaired) electrons. The summed E-state index contributed by atoms with van der Waals surface area (Å²) in [7, 11) is 0. The molecule has 1 aliphatic rings. The Balaban J connectivity index is 1.52. The van der Waals surface area contributed by atoms with Crippen LogP contribution in [0.25, 0.3) is 34.2 Å². The molecule has 140 valence electrons. The Kier molecular flexibility index (Phi) is 3.86. The Bertz CT molecular complexity index is 1120. The van der Waals surface area contributed by atoms with Crippen LogP contribution in [0.1, 0.15) is 37.9 Å². The highest BCUT2D eigenvalue weighted by molar-refractivity contribution is 5.67. The third kappa shape index (κ3) is 2.81. The molecule has 1 aliphatic carbocycles. The number of nitrogens with one attached hydrogen (secondary N) is 2. The molecule has 3 heterocycles. The van der Waals surface area contributed by atoms with Gasteiger partial charge >= 0.3 is 0 Å². The van der Waals surface area contributed by atoms with Gasteiger partial charge in [0.25, 0.3) is 0 Å². The van der Waals surface area contributed by atoms with Crippen LogP contribution in [0.3, 0.4) is 0 Å². The van der Waals surface area contributed by atoms with Crippen molar-refractivity contribution in [2.75, 3.05) is 0 Å². The minimum Gasteiger partial charge on any atom is -0.281 e. The van der Waals surface area contributed by atoms with Crippen LogP contribution in [0.15, 0.2) is 48.7 Å². The molecule has 1 aromatic carbocycles. The van der Waals surface area contributed by atoms with Gasteiger partial charge in [0.1, 0.15) is 11.4 Å². The summed E-state index contributed by atoms with van der Waals surface area (Å²) in [4.78, 5) is 9.23. The van der Waals surface area contributed by atoms with Crippen molar-refractivity contribution in [3.8, 4) is 34.2 Å². The van der Waals surface area contributed by atoms with Crippen LogP contribution < -0.4 is 0 Å². The molecule has 3 aromatic heterocycles. The first-order valence-corrected chi connectivity index (χ1v) is 9.64. The maximum Gasteiger partial charge on any atom is 0.178 e. The summed E-state index contributed by atoms with van der Waals surface area (Å²) in [6, 6.07) is 14.0. The number of hydrogen-bond donors (Lipinski definition) is 2. The molecule has 0 spiro atoms. The second-order valence-electron chi connectivity index (χ2n) is 7.96. The predicted octanol–water partition coefficient (Wildman–Crippen LogP) is 4.54. The molecule has 0 saturated carbocycles. The monoisotopic (exact) mass is 370 g/mol. The fourth-order valence-electron chi connectivity index (χ4n) is 4.03. The molecular weight excluding hydrogens is 348 g/mol. The van der Waals surface area contributed by atoms with E-state index >= 15 is 0 Å². The molecule has 0 aliphatic heterocycles. The van der Waals surface area contributed by atoms with Gasteiger partial charge in [-0.3, -0.25) is 10.2 Å². The van der Waals surface area contributed by atoms with E-state index in [0.29, 0.717) is 5.82 Å². The van der Waals surface area contributed by atoms with E-state index in [4.69, 9.17) is 4.98 Å². The smallest absolute Gasteiger partial charge is 0.178 e. The van der Waals surface area contributed by atoms with Gasteiger partial charge in [-0.05, 0) is 31.4 Å². The van der Waals surface area contributed by atoms with Crippen molar-refractivity contribution in [1.82, 2.24) is 30.4 Å². The number of aromatic amines is 2. The van der Waals surface area contributed by atoms with Crippen molar-refractivity contribution in [1.29, 1.82) is 0 Å². The third-order valence-corrected chi connectivity index (χ3v) is 5.56. The Morgan fingerprint density at radius 1 is 0.964 bits per heavy atom. The molecule has 4 aromatic rings. The molecule has 0 bridgehead atoms. The summed E-state index contributed by atoms with van der Waals surface area (Å²) < 4.78 is 0. The number of fused-ring (bicyclic) bond motifs is 1. The molecule has 0 amide bonds. The van der Waals surface area contributed by atoms with Crippen molar-refractivity contribution in [3.05, 3.63) is 59.9 Å². The standard InChI is InChI=1S/C22H22N6/c1-22(2)11-6-9-15-19(27-28-20(15)22)16-10-12-23-21(24-16)18-13-17(25-26-18)14-7-4-3-5-8-14/h3-5,7-8,10,12-13H,6,9,11H2,1-2H3,(H,25,26)(H,27,28). The maximum atomic E-state index is 4.78. The molecule has 0 saturated heterocycles. The van der Waals surface area contributed by atoms with E-state index in [2.05, 4.69) is 39.2 Å². The van der Waals surface area contributed by atoms with E-state index in [9.17, 15) is 0 Å². The summed E-state index contributed by atoms with van der Waals surface area (Å²) in [5.41, 5.74) is 7.17. The van der Waals surface area contributed by atoms with E-state index in [0.717, 1.165) is 34.8 Å². The van der Waals surface area contributed by atoms with Crippen LogP contribution in [-0.2, 0) is 11.8 Å². The fourth-order valence-corrected chi connectivity index (χ4v) is 4.03. The molecular formula is C22H22N6. The largest absolute Gasteiger partial charge is 0.281 e. The average molecular weight is 370 g/mol. The van der Waals surface area contributed by atoms with E-state index in [1.807, 2.05) is 42.5 Å². The SMILES string of the molecule is CC1(C)CCCc2c(-c3ccnc(-c4cc(-c5ccccc5)n[nH]4)n3)n[nH]c21. The zero-order chi connectivity index (χ0) is 19.1. The van der Waals surface area contributed by atoms with Gasteiger partial charge in [0, 0.05) is 28.4 Å². The van der Waals surface area contributed by atoms with Crippen molar-refractivity contribution in [2.45, 2.75) is 38.5 Å². The van der Waals surface area contributed by atoms with Crippen molar-refractivity contribution < 1.29 is 0 Å². The number of rotatable bonds is 3. The Morgan fingerprint density at radius 3 is 2.68 bits per heavy atom. The Morgan fingerprint density at radius 2 is 1.82 bits per heavy atom. The van der Waals surface area contributed by atoms with Crippen LogP contribution >= 0.6 is 0 Å².